The lowest BCUT2D eigenvalue weighted by Gasteiger charge is -2.29. The van der Waals surface area contributed by atoms with Gasteiger partial charge in [0.05, 0.1) is 0 Å². The van der Waals surface area contributed by atoms with Gasteiger partial charge in [-0.25, -0.2) is 4.68 Å². The van der Waals surface area contributed by atoms with E-state index in [0.29, 0.717) is 17.9 Å². The standard InChI is InChI=1S/C14H21N7/c1-2-11-7-4-3-5-9-20(11)13-17-12(15)18-14(19-13)21-10-6-8-16-21/h6,8,10-11H,2-5,7,9H2,1H3,(H2,15,17,18,19). The Morgan fingerprint density at radius 3 is 2.81 bits per heavy atom. The second-order valence-corrected chi connectivity index (χ2v) is 5.35. The molecule has 0 aliphatic carbocycles. The molecule has 2 N–H and O–H groups in total. The van der Waals surface area contributed by atoms with Gasteiger partial charge in [0.1, 0.15) is 0 Å². The molecule has 1 saturated heterocycles. The van der Waals surface area contributed by atoms with Gasteiger partial charge in [0, 0.05) is 25.0 Å². The normalized spacial score (nSPS) is 19.5. The molecule has 0 radical (unpaired) electrons. The van der Waals surface area contributed by atoms with Gasteiger partial charge in [0.2, 0.25) is 11.9 Å². The first-order chi connectivity index (χ1) is 10.3. The second kappa shape index (κ2) is 6.07. The molecular weight excluding hydrogens is 266 g/mol. The summed E-state index contributed by atoms with van der Waals surface area (Å²) in [7, 11) is 0. The van der Waals surface area contributed by atoms with Crippen LogP contribution < -0.4 is 10.6 Å². The summed E-state index contributed by atoms with van der Waals surface area (Å²) in [5.41, 5.74) is 5.87. The predicted octanol–water partition coefficient (Wildman–Crippen LogP) is 1.80. The first-order valence-electron chi connectivity index (χ1n) is 7.56. The summed E-state index contributed by atoms with van der Waals surface area (Å²) in [6.07, 6.45) is 9.46. The van der Waals surface area contributed by atoms with Gasteiger partial charge in [-0.15, -0.1) is 0 Å². The summed E-state index contributed by atoms with van der Waals surface area (Å²) in [5, 5.41) is 4.16. The Morgan fingerprint density at radius 2 is 2.05 bits per heavy atom. The van der Waals surface area contributed by atoms with Crippen LogP contribution in [0.5, 0.6) is 0 Å². The molecule has 1 atom stereocenters. The number of hydrogen-bond donors (Lipinski definition) is 1. The molecule has 0 aromatic carbocycles. The Labute approximate surface area is 124 Å². The van der Waals surface area contributed by atoms with Gasteiger partial charge in [-0.3, -0.25) is 0 Å². The quantitative estimate of drug-likeness (QED) is 0.926. The van der Waals surface area contributed by atoms with E-state index >= 15 is 0 Å². The molecule has 3 heterocycles. The number of nitrogen functional groups attached to an aromatic ring is 1. The summed E-state index contributed by atoms with van der Waals surface area (Å²) in [6.45, 7) is 3.18. The zero-order valence-corrected chi connectivity index (χ0v) is 12.3. The Bertz CT molecular complexity index is 581. The highest BCUT2D eigenvalue weighted by molar-refractivity contribution is 5.39. The van der Waals surface area contributed by atoms with E-state index in [-0.39, 0.29) is 5.95 Å². The third-order valence-electron chi connectivity index (χ3n) is 3.94. The molecule has 0 spiro atoms. The topological polar surface area (TPSA) is 85.8 Å². The molecule has 112 valence electrons. The monoisotopic (exact) mass is 287 g/mol. The van der Waals surface area contributed by atoms with E-state index in [1.807, 2.05) is 6.07 Å². The molecule has 2 aromatic rings. The Hall–Kier alpha value is -2.18. The Morgan fingerprint density at radius 1 is 1.19 bits per heavy atom. The molecule has 7 nitrogen and oxygen atoms in total. The van der Waals surface area contributed by atoms with Crippen molar-refractivity contribution in [3.05, 3.63) is 18.5 Å². The van der Waals surface area contributed by atoms with Crippen molar-refractivity contribution in [2.75, 3.05) is 17.2 Å². The lowest BCUT2D eigenvalue weighted by Crippen LogP contribution is -2.36. The highest BCUT2D eigenvalue weighted by atomic mass is 15.4. The van der Waals surface area contributed by atoms with Crippen LogP contribution in [0.15, 0.2) is 18.5 Å². The minimum Gasteiger partial charge on any atom is -0.368 e. The van der Waals surface area contributed by atoms with Crippen LogP contribution in [0.1, 0.15) is 39.0 Å². The number of hydrogen-bond acceptors (Lipinski definition) is 6. The molecule has 3 rings (SSSR count). The highest BCUT2D eigenvalue weighted by Gasteiger charge is 2.23. The number of rotatable bonds is 3. The summed E-state index contributed by atoms with van der Waals surface area (Å²) in [4.78, 5) is 15.4. The molecule has 7 heteroatoms. The molecule has 21 heavy (non-hydrogen) atoms. The Balaban J connectivity index is 1.96. The van der Waals surface area contributed by atoms with Crippen LogP contribution in [0.25, 0.3) is 5.95 Å². The van der Waals surface area contributed by atoms with E-state index < -0.39 is 0 Å². The smallest absolute Gasteiger partial charge is 0.257 e. The van der Waals surface area contributed by atoms with Gasteiger partial charge in [-0.05, 0) is 25.3 Å². The average molecular weight is 287 g/mol. The highest BCUT2D eigenvalue weighted by Crippen LogP contribution is 2.23. The molecule has 0 amide bonds. The van der Waals surface area contributed by atoms with E-state index in [1.165, 1.54) is 25.7 Å². The van der Waals surface area contributed by atoms with Crippen molar-refractivity contribution in [2.24, 2.45) is 0 Å². The summed E-state index contributed by atoms with van der Waals surface area (Å²) in [5.74, 6) is 1.38. The van der Waals surface area contributed by atoms with Crippen molar-refractivity contribution in [3.63, 3.8) is 0 Å². The molecular formula is C14H21N7. The van der Waals surface area contributed by atoms with E-state index in [2.05, 4.69) is 31.9 Å². The molecule has 1 unspecified atom stereocenters. The fourth-order valence-electron chi connectivity index (χ4n) is 2.85. The van der Waals surface area contributed by atoms with Crippen molar-refractivity contribution < 1.29 is 0 Å². The fourth-order valence-corrected chi connectivity index (χ4v) is 2.85. The van der Waals surface area contributed by atoms with Crippen molar-refractivity contribution in [3.8, 4) is 5.95 Å². The average Bonchev–Trinajstić information content (AvgIpc) is 2.91. The van der Waals surface area contributed by atoms with Crippen molar-refractivity contribution >= 4 is 11.9 Å². The van der Waals surface area contributed by atoms with Crippen LogP contribution in [-0.2, 0) is 0 Å². The Kier molecular flexibility index (Phi) is 3.98. The van der Waals surface area contributed by atoms with Crippen molar-refractivity contribution in [1.82, 2.24) is 24.7 Å². The molecule has 0 bridgehead atoms. The lowest BCUT2D eigenvalue weighted by molar-refractivity contribution is 0.546. The predicted molar refractivity (Wildman–Crippen MR) is 81.3 cm³/mol. The van der Waals surface area contributed by atoms with Gasteiger partial charge >= 0.3 is 0 Å². The molecule has 1 aliphatic heterocycles. The zero-order valence-electron chi connectivity index (χ0n) is 12.3. The van der Waals surface area contributed by atoms with Crippen molar-refractivity contribution in [2.45, 2.75) is 45.1 Å². The molecule has 2 aromatic heterocycles. The van der Waals surface area contributed by atoms with Crippen molar-refractivity contribution in [1.29, 1.82) is 0 Å². The maximum absolute atomic E-state index is 5.87. The number of nitrogens with zero attached hydrogens (tertiary/aromatic N) is 6. The van der Waals surface area contributed by atoms with Crippen LogP contribution >= 0.6 is 0 Å². The van der Waals surface area contributed by atoms with Crippen LogP contribution in [0.4, 0.5) is 11.9 Å². The van der Waals surface area contributed by atoms with Gasteiger partial charge in [-0.1, -0.05) is 19.8 Å². The summed E-state index contributed by atoms with van der Waals surface area (Å²) < 4.78 is 1.61. The second-order valence-electron chi connectivity index (χ2n) is 5.35. The van der Waals surface area contributed by atoms with E-state index in [1.54, 1.807) is 17.1 Å². The third-order valence-corrected chi connectivity index (χ3v) is 3.94. The summed E-state index contributed by atoms with van der Waals surface area (Å²) in [6, 6.07) is 2.31. The minimum absolute atomic E-state index is 0.240. The first-order valence-corrected chi connectivity index (χ1v) is 7.56. The third kappa shape index (κ3) is 2.96. The zero-order chi connectivity index (χ0) is 14.7. The largest absolute Gasteiger partial charge is 0.368 e. The number of anilines is 2. The van der Waals surface area contributed by atoms with Gasteiger partial charge in [0.25, 0.3) is 5.95 Å². The van der Waals surface area contributed by atoms with Crippen LogP contribution in [0.3, 0.4) is 0 Å². The number of aromatic nitrogens is 5. The summed E-state index contributed by atoms with van der Waals surface area (Å²) >= 11 is 0. The van der Waals surface area contributed by atoms with Crippen LogP contribution in [0.2, 0.25) is 0 Å². The SMILES string of the molecule is CCC1CCCCCN1c1nc(N)nc(-n2cccn2)n1. The number of nitrogens with two attached hydrogens (primary N) is 1. The maximum atomic E-state index is 5.87. The minimum atomic E-state index is 0.240. The van der Waals surface area contributed by atoms with Gasteiger partial charge in [-0.2, -0.15) is 20.1 Å². The molecule has 1 aliphatic rings. The van der Waals surface area contributed by atoms with E-state index in [9.17, 15) is 0 Å². The molecule has 1 fully saturated rings. The lowest BCUT2D eigenvalue weighted by atomic mass is 10.1. The fraction of sp³-hybridized carbons (Fsp3) is 0.571. The maximum Gasteiger partial charge on any atom is 0.257 e. The van der Waals surface area contributed by atoms with Gasteiger partial charge < -0.3 is 10.6 Å². The van der Waals surface area contributed by atoms with Gasteiger partial charge in [0.15, 0.2) is 0 Å². The van der Waals surface area contributed by atoms with Crippen LogP contribution in [0, 0.1) is 0 Å². The molecule has 0 saturated carbocycles. The van der Waals surface area contributed by atoms with E-state index in [4.69, 9.17) is 5.73 Å². The van der Waals surface area contributed by atoms with Crippen LogP contribution in [-0.4, -0.2) is 37.3 Å². The first kappa shape index (κ1) is 13.8. The van der Waals surface area contributed by atoms with E-state index in [0.717, 1.165) is 13.0 Å².